The van der Waals surface area contributed by atoms with Gasteiger partial charge in [0.25, 0.3) is 0 Å². The Morgan fingerprint density at radius 1 is 0.963 bits per heavy atom. The van der Waals surface area contributed by atoms with Gasteiger partial charge in [0.1, 0.15) is 0 Å². The Morgan fingerprint density at radius 3 is 2.19 bits per heavy atom. The molecule has 0 aliphatic carbocycles. The molecule has 0 unspecified atom stereocenters. The Kier molecular flexibility index (Phi) is 6.96. The van der Waals surface area contributed by atoms with E-state index in [1.165, 1.54) is 12.1 Å². The minimum atomic E-state index is 0.0193. The zero-order valence-corrected chi connectivity index (χ0v) is 17.2. The lowest BCUT2D eigenvalue weighted by Gasteiger charge is -2.35. The van der Waals surface area contributed by atoms with Gasteiger partial charge < -0.3 is 20.0 Å². The molecular formula is C21H35N5O. The molecule has 1 aromatic carbocycles. The Labute approximate surface area is 164 Å². The topological polar surface area (TPSA) is 42.1 Å². The SMILES string of the molecule is CC(C)CCN1CCN(C(=O)Nc2ccc(N3CCN(C)CC3)cc2)CC1. The second-order valence-electron chi connectivity index (χ2n) is 8.28. The van der Waals surface area contributed by atoms with Crippen molar-refractivity contribution < 1.29 is 4.79 Å². The van der Waals surface area contributed by atoms with Gasteiger partial charge in [-0.1, -0.05) is 13.8 Å². The van der Waals surface area contributed by atoms with Crippen LogP contribution in [0.25, 0.3) is 0 Å². The number of hydrogen-bond acceptors (Lipinski definition) is 4. The van der Waals surface area contributed by atoms with E-state index < -0.39 is 0 Å². The van der Waals surface area contributed by atoms with Crippen molar-refractivity contribution in [2.24, 2.45) is 5.92 Å². The van der Waals surface area contributed by atoms with Gasteiger partial charge in [-0.15, -0.1) is 0 Å². The van der Waals surface area contributed by atoms with E-state index in [-0.39, 0.29) is 6.03 Å². The van der Waals surface area contributed by atoms with Gasteiger partial charge in [0, 0.05) is 63.7 Å². The molecule has 0 bridgehead atoms. The summed E-state index contributed by atoms with van der Waals surface area (Å²) in [5.41, 5.74) is 2.11. The molecule has 0 spiro atoms. The molecule has 6 heteroatoms. The molecule has 2 amide bonds. The van der Waals surface area contributed by atoms with E-state index in [2.05, 4.69) is 53.0 Å². The van der Waals surface area contributed by atoms with Crippen LogP contribution in [0.5, 0.6) is 0 Å². The van der Waals surface area contributed by atoms with Gasteiger partial charge in [0.05, 0.1) is 0 Å². The maximum atomic E-state index is 12.5. The van der Waals surface area contributed by atoms with E-state index in [1.54, 1.807) is 0 Å². The molecule has 3 rings (SSSR count). The third-order valence-corrected chi connectivity index (χ3v) is 5.67. The van der Waals surface area contributed by atoms with E-state index in [0.717, 1.165) is 70.5 Å². The van der Waals surface area contributed by atoms with E-state index in [4.69, 9.17) is 0 Å². The molecule has 27 heavy (non-hydrogen) atoms. The monoisotopic (exact) mass is 373 g/mol. The maximum absolute atomic E-state index is 12.5. The predicted molar refractivity (Wildman–Crippen MR) is 113 cm³/mol. The first-order valence-corrected chi connectivity index (χ1v) is 10.3. The summed E-state index contributed by atoms with van der Waals surface area (Å²) in [6, 6.07) is 8.29. The van der Waals surface area contributed by atoms with E-state index in [9.17, 15) is 4.79 Å². The van der Waals surface area contributed by atoms with Crippen molar-refractivity contribution in [3.63, 3.8) is 0 Å². The Balaban J connectivity index is 1.44. The minimum Gasteiger partial charge on any atom is -0.369 e. The minimum absolute atomic E-state index is 0.0193. The normalized spacial score (nSPS) is 19.6. The van der Waals surface area contributed by atoms with E-state index >= 15 is 0 Å². The molecule has 1 aromatic rings. The van der Waals surface area contributed by atoms with Crippen LogP contribution < -0.4 is 10.2 Å². The van der Waals surface area contributed by atoms with Crippen LogP contribution >= 0.6 is 0 Å². The van der Waals surface area contributed by atoms with Gasteiger partial charge in [0.2, 0.25) is 0 Å². The standard InChI is InChI=1S/C21H35N5O/c1-18(2)8-9-24-12-16-26(17-13-24)21(27)22-19-4-6-20(7-5-19)25-14-10-23(3)11-15-25/h4-7,18H,8-17H2,1-3H3,(H,22,27). The highest BCUT2D eigenvalue weighted by Crippen LogP contribution is 2.20. The molecule has 0 saturated carbocycles. The van der Waals surface area contributed by atoms with Crippen molar-refractivity contribution in [2.45, 2.75) is 20.3 Å². The molecule has 0 aromatic heterocycles. The first kappa shape index (κ1) is 20.0. The van der Waals surface area contributed by atoms with Crippen LogP contribution in [0, 0.1) is 5.92 Å². The number of carbonyl (C=O) groups excluding carboxylic acids is 1. The number of urea groups is 1. The summed E-state index contributed by atoms with van der Waals surface area (Å²) < 4.78 is 0. The predicted octanol–water partition coefficient (Wildman–Crippen LogP) is 2.63. The molecule has 2 heterocycles. The fourth-order valence-corrected chi connectivity index (χ4v) is 3.64. The van der Waals surface area contributed by atoms with Crippen molar-refractivity contribution in [3.8, 4) is 0 Å². The molecule has 150 valence electrons. The number of carbonyl (C=O) groups is 1. The van der Waals surface area contributed by atoms with Crippen molar-refractivity contribution >= 4 is 17.4 Å². The van der Waals surface area contributed by atoms with Gasteiger partial charge in [-0.25, -0.2) is 4.79 Å². The summed E-state index contributed by atoms with van der Waals surface area (Å²) in [6.07, 6.45) is 1.23. The lowest BCUT2D eigenvalue weighted by molar-refractivity contribution is 0.143. The molecule has 2 saturated heterocycles. The van der Waals surface area contributed by atoms with Gasteiger partial charge in [-0.3, -0.25) is 4.90 Å². The number of benzene rings is 1. The highest BCUT2D eigenvalue weighted by atomic mass is 16.2. The van der Waals surface area contributed by atoms with Crippen LogP contribution in [-0.4, -0.2) is 86.7 Å². The van der Waals surface area contributed by atoms with Gasteiger partial charge in [-0.2, -0.15) is 0 Å². The zero-order valence-electron chi connectivity index (χ0n) is 17.2. The maximum Gasteiger partial charge on any atom is 0.321 e. The largest absolute Gasteiger partial charge is 0.369 e. The van der Waals surface area contributed by atoms with Crippen LogP contribution in [0.1, 0.15) is 20.3 Å². The summed E-state index contributed by atoms with van der Waals surface area (Å²) >= 11 is 0. The summed E-state index contributed by atoms with van der Waals surface area (Å²) in [7, 11) is 2.17. The van der Waals surface area contributed by atoms with Crippen LogP contribution in [0.2, 0.25) is 0 Å². The molecule has 1 N–H and O–H groups in total. The summed E-state index contributed by atoms with van der Waals surface area (Å²) in [6.45, 7) is 13.5. The number of likely N-dealkylation sites (N-methyl/N-ethyl adjacent to an activating group) is 1. The first-order valence-electron chi connectivity index (χ1n) is 10.3. The van der Waals surface area contributed by atoms with Crippen molar-refractivity contribution in [2.75, 3.05) is 76.2 Å². The number of nitrogens with one attached hydrogen (secondary N) is 1. The Morgan fingerprint density at radius 2 is 1.59 bits per heavy atom. The van der Waals surface area contributed by atoms with Crippen LogP contribution in [-0.2, 0) is 0 Å². The average molecular weight is 374 g/mol. The lowest BCUT2D eigenvalue weighted by Crippen LogP contribution is -2.50. The third-order valence-electron chi connectivity index (χ3n) is 5.67. The van der Waals surface area contributed by atoms with Gasteiger partial charge in [-0.05, 0) is 50.2 Å². The van der Waals surface area contributed by atoms with Gasteiger partial charge >= 0.3 is 6.03 Å². The summed E-state index contributed by atoms with van der Waals surface area (Å²) in [5, 5.41) is 3.06. The molecule has 6 nitrogen and oxygen atoms in total. The van der Waals surface area contributed by atoms with E-state index in [1.807, 2.05) is 17.0 Å². The van der Waals surface area contributed by atoms with Crippen molar-refractivity contribution in [1.29, 1.82) is 0 Å². The Hall–Kier alpha value is -1.79. The van der Waals surface area contributed by atoms with E-state index in [0.29, 0.717) is 0 Å². The number of anilines is 2. The molecule has 0 radical (unpaired) electrons. The summed E-state index contributed by atoms with van der Waals surface area (Å²) in [5.74, 6) is 0.736. The molecule has 2 fully saturated rings. The first-order chi connectivity index (χ1) is 13.0. The molecule has 2 aliphatic rings. The number of rotatable bonds is 5. The highest BCUT2D eigenvalue weighted by Gasteiger charge is 2.21. The quantitative estimate of drug-likeness (QED) is 0.862. The fourth-order valence-electron chi connectivity index (χ4n) is 3.64. The Bertz CT molecular complexity index is 587. The molecule has 2 aliphatic heterocycles. The van der Waals surface area contributed by atoms with Crippen molar-refractivity contribution in [1.82, 2.24) is 14.7 Å². The molecule has 0 atom stereocenters. The molecular weight excluding hydrogens is 338 g/mol. The van der Waals surface area contributed by atoms with Crippen LogP contribution in [0.15, 0.2) is 24.3 Å². The van der Waals surface area contributed by atoms with Gasteiger partial charge in [0.15, 0.2) is 0 Å². The lowest BCUT2D eigenvalue weighted by atomic mass is 10.1. The second kappa shape index (κ2) is 9.42. The van der Waals surface area contributed by atoms with Crippen molar-refractivity contribution in [3.05, 3.63) is 24.3 Å². The zero-order chi connectivity index (χ0) is 19.2. The summed E-state index contributed by atoms with van der Waals surface area (Å²) in [4.78, 5) is 21.7. The third kappa shape index (κ3) is 5.84. The fraction of sp³-hybridized carbons (Fsp3) is 0.667. The number of piperazine rings is 2. The smallest absolute Gasteiger partial charge is 0.321 e. The number of nitrogens with zero attached hydrogens (tertiary/aromatic N) is 4. The number of hydrogen-bond donors (Lipinski definition) is 1. The van der Waals surface area contributed by atoms with Crippen LogP contribution in [0.3, 0.4) is 0 Å². The number of amides is 2. The highest BCUT2D eigenvalue weighted by molar-refractivity contribution is 5.89. The average Bonchev–Trinajstić information content (AvgIpc) is 2.68. The van der Waals surface area contributed by atoms with Crippen LogP contribution in [0.4, 0.5) is 16.2 Å². The second-order valence-corrected chi connectivity index (χ2v) is 8.28.